The Morgan fingerprint density at radius 2 is 1.87 bits per heavy atom. The summed E-state index contributed by atoms with van der Waals surface area (Å²) in [6.45, 7) is 2.76. The van der Waals surface area contributed by atoms with Crippen LogP contribution in [0.4, 0.5) is 4.39 Å². The van der Waals surface area contributed by atoms with Gasteiger partial charge in [0, 0.05) is 6.54 Å². The second kappa shape index (κ2) is 6.92. The third-order valence-corrected chi connectivity index (χ3v) is 4.33. The minimum absolute atomic E-state index is 0.275. The second-order valence-corrected chi connectivity index (χ2v) is 6.02. The molecule has 0 amide bonds. The van der Waals surface area contributed by atoms with Gasteiger partial charge in [-0.3, -0.25) is 4.90 Å². The summed E-state index contributed by atoms with van der Waals surface area (Å²) < 4.78 is 13.5. The molecule has 0 radical (unpaired) electrons. The first-order chi connectivity index (χ1) is 11.1. The molecular weight excluding hydrogens is 293 g/mol. The average molecular weight is 313 g/mol. The normalized spacial score (nSPS) is 15.5. The first-order valence-corrected chi connectivity index (χ1v) is 7.98. The Kier molecular flexibility index (Phi) is 4.72. The monoisotopic (exact) mass is 313 g/mol. The number of benzene rings is 2. The van der Waals surface area contributed by atoms with Crippen LogP contribution < -0.4 is 0 Å². The van der Waals surface area contributed by atoms with Crippen molar-refractivity contribution < 1.29 is 14.3 Å². The van der Waals surface area contributed by atoms with Crippen molar-refractivity contribution in [3.63, 3.8) is 0 Å². The van der Waals surface area contributed by atoms with Gasteiger partial charge in [-0.05, 0) is 66.9 Å². The molecule has 120 valence electrons. The molecule has 0 atom stereocenters. The molecule has 2 aromatic rings. The zero-order valence-corrected chi connectivity index (χ0v) is 13.0. The average Bonchev–Trinajstić information content (AvgIpc) is 2.55. The van der Waals surface area contributed by atoms with E-state index in [0.29, 0.717) is 6.54 Å². The molecule has 23 heavy (non-hydrogen) atoms. The summed E-state index contributed by atoms with van der Waals surface area (Å²) >= 11 is 0. The fourth-order valence-electron chi connectivity index (χ4n) is 3.15. The Hall–Kier alpha value is -2.20. The summed E-state index contributed by atoms with van der Waals surface area (Å²) in [6, 6.07) is 11.5. The lowest BCUT2D eigenvalue weighted by atomic mass is 9.96. The van der Waals surface area contributed by atoms with Crippen molar-refractivity contribution in [2.24, 2.45) is 0 Å². The van der Waals surface area contributed by atoms with Crippen molar-refractivity contribution in [1.29, 1.82) is 0 Å². The Morgan fingerprint density at radius 1 is 1.09 bits per heavy atom. The van der Waals surface area contributed by atoms with Crippen LogP contribution in [0.15, 0.2) is 42.5 Å². The molecule has 1 aliphatic rings. The fraction of sp³-hybridized carbons (Fsp3) is 0.316. The van der Waals surface area contributed by atoms with Crippen LogP contribution >= 0.6 is 0 Å². The maximum absolute atomic E-state index is 13.5. The van der Waals surface area contributed by atoms with Crippen molar-refractivity contribution in [1.82, 2.24) is 4.90 Å². The number of rotatable bonds is 4. The van der Waals surface area contributed by atoms with E-state index in [4.69, 9.17) is 0 Å². The number of hydrogen-bond acceptors (Lipinski definition) is 2. The lowest BCUT2D eigenvalue weighted by molar-refractivity contribution is 0.0696. The number of likely N-dealkylation sites (tertiary alicyclic amines) is 1. The van der Waals surface area contributed by atoms with Gasteiger partial charge in [-0.2, -0.15) is 0 Å². The molecule has 1 N–H and O–H groups in total. The summed E-state index contributed by atoms with van der Waals surface area (Å²) in [5, 5.41) is 9.25. The molecule has 1 fully saturated rings. The smallest absolute Gasteiger partial charge is 0.335 e. The van der Waals surface area contributed by atoms with Crippen molar-refractivity contribution in [2.75, 3.05) is 13.1 Å². The summed E-state index contributed by atoms with van der Waals surface area (Å²) in [7, 11) is 0. The van der Waals surface area contributed by atoms with Gasteiger partial charge >= 0.3 is 5.97 Å². The molecule has 1 saturated heterocycles. The number of carbonyl (C=O) groups is 1. The van der Waals surface area contributed by atoms with Crippen molar-refractivity contribution in [3.05, 3.63) is 59.4 Å². The minimum Gasteiger partial charge on any atom is -0.478 e. The Morgan fingerprint density at radius 3 is 2.57 bits per heavy atom. The Bertz CT molecular complexity index is 708. The van der Waals surface area contributed by atoms with E-state index in [9.17, 15) is 14.3 Å². The summed E-state index contributed by atoms with van der Waals surface area (Å²) in [5.41, 5.74) is 2.91. The largest absolute Gasteiger partial charge is 0.478 e. The van der Waals surface area contributed by atoms with E-state index in [1.54, 1.807) is 24.3 Å². The second-order valence-electron chi connectivity index (χ2n) is 6.02. The molecule has 0 unspecified atom stereocenters. The van der Waals surface area contributed by atoms with Crippen LogP contribution in [0.1, 0.15) is 35.2 Å². The van der Waals surface area contributed by atoms with E-state index in [0.717, 1.165) is 29.8 Å². The summed E-state index contributed by atoms with van der Waals surface area (Å²) in [4.78, 5) is 13.6. The maximum atomic E-state index is 13.5. The van der Waals surface area contributed by atoms with Gasteiger partial charge in [0.2, 0.25) is 0 Å². The highest BCUT2D eigenvalue weighted by molar-refractivity contribution is 5.89. The van der Waals surface area contributed by atoms with Crippen LogP contribution in [0.3, 0.4) is 0 Å². The third kappa shape index (κ3) is 3.77. The molecule has 2 aromatic carbocycles. The standard InChI is InChI=1S/C19H20FNO2/c20-17-6-4-5-14(12-17)18-8-7-15(19(22)23)11-16(18)13-21-9-2-1-3-10-21/h4-8,11-12H,1-3,9-10,13H2,(H,22,23). The Balaban J connectivity index is 1.98. The molecule has 0 saturated carbocycles. The molecule has 3 rings (SSSR count). The molecule has 0 aromatic heterocycles. The lowest BCUT2D eigenvalue weighted by Crippen LogP contribution is -2.29. The predicted octanol–water partition coefficient (Wildman–Crippen LogP) is 4.18. The van der Waals surface area contributed by atoms with Gasteiger partial charge < -0.3 is 5.11 Å². The van der Waals surface area contributed by atoms with Gasteiger partial charge in [-0.25, -0.2) is 9.18 Å². The first kappa shape index (κ1) is 15.7. The number of carboxylic acids is 1. The third-order valence-electron chi connectivity index (χ3n) is 4.33. The molecule has 1 heterocycles. The number of nitrogens with zero attached hydrogens (tertiary/aromatic N) is 1. The molecule has 0 bridgehead atoms. The van der Waals surface area contributed by atoms with Crippen molar-refractivity contribution in [2.45, 2.75) is 25.8 Å². The van der Waals surface area contributed by atoms with E-state index in [-0.39, 0.29) is 11.4 Å². The zero-order valence-electron chi connectivity index (χ0n) is 13.0. The van der Waals surface area contributed by atoms with Gasteiger partial charge in [-0.1, -0.05) is 24.6 Å². The molecule has 0 aliphatic carbocycles. The highest BCUT2D eigenvalue weighted by atomic mass is 19.1. The number of carboxylic acid groups (broad SMARTS) is 1. The van der Waals surface area contributed by atoms with Crippen LogP contribution in [0.2, 0.25) is 0 Å². The topological polar surface area (TPSA) is 40.5 Å². The van der Waals surface area contributed by atoms with Crippen molar-refractivity contribution in [3.8, 4) is 11.1 Å². The molecule has 3 nitrogen and oxygen atoms in total. The quantitative estimate of drug-likeness (QED) is 0.920. The number of piperidine rings is 1. The number of halogens is 1. The molecule has 0 spiro atoms. The first-order valence-electron chi connectivity index (χ1n) is 7.98. The van der Waals surface area contributed by atoms with Crippen molar-refractivity contribution >= 4 is 5.97 Å². The number of aromatic carboxylic acids is 1. The molecule has 4 heteroatoms. The van der Waals surface area contributed by atoms with Gasteiger partial charge in [-0.15, -0.1) is 0 Å². The van der Waals surface area contributed by atoms with E-state index in [1.807, 2.05) is 6.07 Å². The van der Waals surface area contributed by atoms with E-state index in [1.165, 1.54) is 31.4 Å². The maximum Gasteiger partial charge on any atom is 0.335 e. The molecule has 1 aliphatic heterocycles. The predicted molar refractivity (Wildman–Crippen MR) is 87.9 cm³/mol. The van der Waals surface area contributed by atoms with Gasteiger partial charge in [0.15, 0.2) is 0 Å². The highest BCUT2D eigenvalue weighted by Crippen LogP contribution is 2.27. The minimum atomic E-state index is -0.935. The summed E-state index contributed by atoms with van der Waals surface area (Å²) in [5.74, 6) is -1.22. The SMILES string of the molecule is O=C(O)c1ccc(-c2cccc(F)c2)c(CN2CCCCC2)c1. The number of hydrogen-bond donors (Lipinski definition) is 1. The van der Waals surface area contributed by atoms with Gasteiger partial charge in [0.25, 0.3) is 0 Å². The fourth-order valence-corrected chi connectivity index (χ4v) is 3.15. The highest BCUT2D eigenvalue weighted by Gasteiger charge is 2.15. The molecular formula is C19H20FNO2. The summed E-state index contributed by atoms with van der Waals surface area (Å²) in [6.07, 6.45) is 3.60. The van der Waals surface area contributed by atoms with Crippen LogP contribution in [-0.4, -0.2) is 29.1 Å². The van der Waals surface area contributed by atoms with E-state index < -0.39 is 5.97 Å². The van der Waals surface area contributed by atoms with Crippen LogP contribution in [-0.2, 0) is 6.54 Å². The van der Waals surface area contributed by atoms with E-state index >= 15 is 0 Å². The van der Waals surface area contributed by atoms with Crippen LogP contribution in [0, 0.1) is 5.82 Å². The van der Waals surface area contributed by atoms with E-state index in [2.05, 4.69) is 4.90 Å². The lowest BCUT2D eigenvalue weighted by Gasteiger charge is -2.27. The van der Waals surface area contributed by atoms with Crippen LogP contribution in [0.5, 0.6) is 0 Å². The zero-order chi connectivity index (χ0) is 16.2. The Labute approximate surface area is 135 Å². The van der Waals surface area contributed by atoms with Crippen LogP contribution in [0.25, 0.3) is 11.1 Å². The van der Waals surface area contributed by atoms with Gasteiger partial charge in [0.1, 0.15) is 5.82 Å². The van der Waals surface area contributed by atoms with Gasteiger partial charge in [0.05, 0.1) is 5.56 Å².